The molecule has 0 radical (unpaired) electrons. The molecule has 0 saturated carbocycles. The van der Waals surface area contributed by atoms with E-state index in [9.17, 15) is 9.59 Å². The molecule has 0 spiro atoms. The first-order valence-electron chi connectivity index (χ1n) is 8.30. The SMILES string of the molecule is NNC(=O)CCC1(CCC(=O)NN)c2ccccc2-c2ccccc21. The molecule has 3 rings (SSSR count). The maximum absolute atomic E-state index is 11.8. The van der Waals surface area contributed by atoms with E-state index in [-0.39, 0.29) is 24.7 Å². The van der Waals surface area contributed by atoms with Crippen LogP contribution in [0, 0.1) is 0 Å². The fraction of sp³-hybridized carbons (Fsp3) is 0.263. The Balaban J connectivity index is 2.08. The quantitative estimate of drug-likeness (QED) is 0.363. The number of fused-ring (bicyclic) bond motifs is 3. The summed E-state index contributed by atoms with van der Waals surface area (Å²) in [6.07, 6.45) is 1.71. The lowest BCUT2D eigenvalue weighted by atomic mass is 9.71. The van der Waals surface area contributed by atoms with Crippen LogP contribution >= 0.6 is 0 Å². The lowest BCUT2D eigenvalue weighted by Crippen LogP contribution is -2.35. The average molecular weight is 338 g/mol. The summed E-state index contributed by atoms with van der Waals surface area (Å²) in [5, 5.41) is 0. The summed E-state index contributed by atoms with van der Waals surface area (Å²) in [6, 6.07) is 16.3. The van der Waals surface area contributed by atoms with Gasteiger partial charge in [0.05, 0.1) is 0 Å². The highest BCUT2D eigenvalue weighted by atomic mass is 16.2. The highest BCUT2D eigenvalue weighted by molar-refractivity contribution is 5.83. The molecule has 0 fully saturated rings. The predicted molar refractivity (Wildman–Crippen MR) is 95.8 cm³/mol. The zero-order valence-corrected chi connectivity index (χ0v) is 13.9. The molecule has 6 nitrogen and oxygen atoms in total. The van der Waals surface area contributed by atoms with Crippen LogP contribution in [-0.4, -0.2) is 11.8 Å². The lowest BCUT2D eigenvalue weighted by molar-refractivity contribution is -0.121. The van der Waals surface area contributed by atoms with Gasteiger partial charge in [-0.3, -0.25) is 20.4 Å². The normalized spacial score (nSPS) is 13.7. The molecular formula is C19H22N4O2. The largest absolute Gasteiger partial charge is 0.294 e. The van der Waals surface area contributed by atoms with E-state index in [0.29, 0.717) is 12.8 Å². The second-order valence-corrected chi connectivity index (χ2v) is 6.31. The summed E-state index contributed by atoms with van der Waals surface area (Å²) in [7, 11) is 0. The number of rotatable bonds is 6. The molecule has 0 bridgehead atoms. The van der Waals surface area contributed by atoms with Crippen molar-refractivity contribution in [2.24, 2.45) is 11.7 Å². The molecule has 1 aliphatic carbocycles. The fourth-order valence-corrected chi connectivity index (χ4v) is 3.88. The molecule has 0 unspecified atom stereocenters. The molecule has 0 saturated heterocycles. The van der Waals surface area contributed by atoms with Crippen molar-refractivity contribution >= 4 is 11.8 Å². The van der Waals surface area contributed by atoms with Crippen molar-refractivity contribution in [1.29, 1.82) is 0 Å². The van der Waals surface area contributed by atoms with Gasteiger partial charge in [-0.15, -0.1) is 0 Å². The highest BCUT2D eigenvalue weighted by Crippen LogP contribution is 2.53. The molecule has 2 amide bonds. The van der Waals surface area contributed by atoms with Crippen molar-refractivity contribution in [3.8, 4) is 11.1 Å². The zero-order valence-electron chi connectivity index (χ0n) is 13.9. The van der Waals surface area contributed by atoms with Crippen LogP contribution in [0.1, 0.15) is 36.8 Å². The van der Waals surface area contributed by atoms with Crippen LogP contribution in [0.5, 0.6) is 0 Å². The molecule has 0 heterocycles. The van der Waals surface area contributed by atoms with Gasteiger partial charge in [-0.2, -0.15) is 0 Å². The summed E-state index contributed by atoms with van der Waals surface area (Å²) in [5.74, 6) is 10.1. The molecule has 2 aromatic carbocycles. The molecule has 2 aromatic rings. The van der Waals surface area contributed by atoms with Gasteiger partial charge in [-0.05, 0) is 35.1 Å². The van der Waals surface area contributed by atoms with Crippen molar-refractivity contribution in [1.82, 2.24) is 10.9 Å². The third-order valence-electron chi connectivity index (χ3n) is 5.06. The third kappa shape index (κ3) is 3.01. The minimum absolute atomic E-state index is 0.218. The fourth-order valence-electron chi connectivity index (χ4n) is 3.88. The van der Waals surface area contributed by atoms with Crippen LogP contribution in [0.25, 0.3) is 11.1 Å². The van der Waals surface area contributed by atoms with Gasteiger partial charge >= 0.3 is 0 Å². The van der Waals surface area contributed by atoms with E-state index in [4.69, 9.17) is 11.7 Å². The molecule has 0 atom stereocenters. The van der Waals surface area contributed by atoms with E-state index >= 15 is 0 Å². The number of hydrazine groups is 2. The van der Waals surface area contributed by atoms with Crippen molar-refractivity contribution in [2.75, 3.05) is 0 Å². The van der Waals surface area contributed by atoms with Gasteiger partial charge in [0.2, 0.25) is 11.8 Å². The number of hydrogen-bond acceptors (Lipinski definition) is 4. The first-order valence-corrected chi connectivity index (χ1v) is 8.30. The number of amides is 2. The van der Waals surface area contributed by atoms with Crippen molar-refractivity contribution in [2.45, 2.75) is 31.1 Å². The summed E-state index contributed by atoms with van der Waals surface area (Å²) in [6.45, 7) is 0. The Kier molecular flexibility index (Phi) is 4.83. The lowest BCUT2D eigenvalue weighted by Gasteiger charge is -2.32. The van der Waals surface area contributed by atoms with E-state index in [2.05, 4.69) is 35.1 Å². The summed E-state index contributed by atoms with van der Waals surface area (Å²) in [5.41, 5.74) is 8.57. The maximum atomic E-state index is 11.8. The maximum Gasteiger partial charge on any atom is 0.233 e. The number of carbonyl (C=O) groups excluding carboxylic acids is 2. The molecule has 6 heteroatoms. The molecule has 0 aromatic heterocycles. The molecular weight excluding hydrogens is 316 g/mol. The molecule has 130 valence electrons. The first-order chi connectivity index (χ1) is 12.1. The topological polar surface area (TPSA) is 110 Å². The summed E-state index contributed by atoms with van der Waals surface area (Å²) >= 11 is 0. The Morgan fingerprint density at radius 2 is 1.16 bits per heavy atom. The number of benzene rings is 2. The van der Waals surface area contributed by atoms with Crippen molar-refractivity contribution in [3.63, 3.8) is 0 Å². The van der Waals surface area contributed by atoms with Crippen LogP contribution in [0.3, 0.4) is 0 Å². The van der Waals surface area contributed by atoms with E-state index in [1.54, 1.807) is 0 Å². The van der Waals surface area contributed by atoms with Gasteiger partial charge in [0.1, 0.15) is 0 Å². The average Bonchev–Trinajstić information content (AvgIpc) is 2.95. The summed E-state index contributed by atoms with van der Waals surface area (Å²) in [4.78, 5) is 23.6. The van der Waals surface area contributed by atoms with Crippen LogP contribution in [0.4, 0.5) is 0 Å². The second kappa shape index (κ2) is 7.04. The van der Waals surface area contributed by atoms with Gasteiger partial charge in [-0.25, -0.2) is 11.7 Å². The minimum atomic E-state index is -0.411. The Labute approximate surface area is 146 Å². The Morgan fingerprint density at radius 1 is 0.760 bits per heavy atom. The van der Waals surface area contributed by atoms with Crippen LogP contribution < -0.4 is 22.5 Å². The molecule has 1 aliphatic rings. The Hall–Kier alpha value is -2.70. The van der Waals surface area contributed by atoms with Gasteiger partial charge in [0, 0.05) is 18.3 Å². The highest BCUT2D eigenvalue weighted by Gasteiger charge is 2.42. The van der Waals surface area contributed by atoms with Gasteiger partial charge in [0.25, 0.3) is 0 Å². The van der Waals surface area contributed by atoms with Crippen LogP contribution in [0.15, 0.2) is 48.5 Å². The van der Waals surface area contributed by atoms with Crippen LogP contribution in [-0.2, 0) is 15.0 Å². The van der Waals surface area contributed by atoms with Crippen LogP contribution in [0.2, 0.25) is 0 Å². The second-order valence-electron chi connectivity index (χ2n) is 6.31. The number of carbonyl (C=O) groups is 2. The van der Waals surface area contributed by atoms with Gasteiger partial charge < -0.3 is 0 Å². The molecule has 6 N–H and O–H groups in total. The monoisotopic (exact) mass is 338 g/mol. The number of hydrogen-bond donors (Lipinski definition) is 4. The smallest absolute Gasteiger partial charge is 0.233 e. The number of nitrogens with two attached hydrogens (primary N) is 2. The molecule has 0 aliphatic heterocycles. The van der Waals surface area contributed by atoms with Crippen molar-refractivity contribution < 1.29 is 9.59 Å². The van der Waals surface area contributed by atoms with Crippen molar-refractivity contribution in [3.05, 3.63) is 59.7 Å². The van der Waals surface area contributed by atoms with Gasteiger partial charge in [-0.1, -0.05) is 48.5 Å². The minimum Gasteiger partial charge on any atom is -0.294 e. The summed E-state index contributed by atoms with van der Waals surface area (Å²) < 4.78 is 0. The van der Waals surface area contributed by atoms with E-state index in [1.807, 2.05) is 24.3 Å². The third-order valence-corrected chi connectivity index (χ3v) is 5.06. The first kappa shape index (κ1) is 17.1. The molecule has 25 heavy (non-hydrogen) atoms. The van der Waals surface area contributed by atoms with E-state index < -0.39 is 5.41 Å². The predicted octanol–water partition coefficient (Wildman–Crippen LogP) is 1.49. The Bertz CT molecular complexity index is 736. The Morgan fingerprint density at radius 3 is 1.56 bits per heavy atom. The van der Waals surface area contributed by atoms with E-state index in [1.165, 1.54) is 0 Å². The van der Waals surface area contributed by atoms with Gasteiger partial charge in [0.15, 0.2) is 0 Å². The zero-order chi connectivity index (χ0) is 17.9. The number of nitrogens with one attached hydrogen (secondary N) is 2. The standard InChI is InChI=1S/C19H22N4O2/c20-22-17(24)9-11-19(12-10-18(25)23-21)15-7-3-1-5-13(15)14-6-2-4-8-16(14)19/h1-8H,9-12,20-21H2,(H,22,24)(H,23,25). The van der Waals surface area contributed by atoms with E-state index in [0.717, 1.165) is 22.3 Å².